The molecule has 9 nitrogen and oxygen atoms in total. The summed E-state index contributed by atoms with van der Waals surface area (Å²) in [5.74, 6) is -0.126. The fraction of sp³-hybridized carbons (Fsp3) is 0.529. The Labute approximate surface area is 151 Å². The number of ether oxygens (including phenoxy) is 1. The molecule has 2 aromatic heterocycles. The highest BCUT2D eigenvalue weighted by Crippen LogP contribution is 2.16. The highest BCUT2D eigenvalue weighted by molar-refractivity contribution is 5.95. The normalized spacial score (nSPS) is 17.3. The molecular weight excluding hydrogens is 336 g/mol. The molecule has 1 aliphatic heterocycles. The van der Waals surface area contributed by atoms with Crippen LogP contribution in [0.4, 0.5) is 5.69 Å². The highest BCUT2D eigenvalue weighted by atomic mass is 16.5. The summed E-state index contributed by atoms with van der Waals surface area (Å²) < 4.78 is 7.09. The van der Waals surface area contributed by atoms with E-state index < -0.39 is 0 Å². The van der Waals surface area contributed by atoms with Gasteiger partial charge >= 0.3 is 0 Å². The molecule has 0 saturated carbocycles. The first-order valence-electron chi connectivity index (χ1n) is 8.78. The number of nitrogens with one attached hydrogen (secondary N) is 2. The summed E-state index contributed by atoms with van der Waals surface area (Å²) in [6, 6.07) is 1.59. The number of aryl methyl sites for hydroxylation is 2. The number of rotatable bonds is 6. The van der Waals surface area contributed by atoms with Gasteiger partial charge < -0.3 is 15.0 Å². The number of carbonyl (C=O) groups is 1. The van der Waals surface area contributed by atoms with E-state index in [1.165, 1.54) is 4.68 Å². The number of amides is 1. The fourth-order valence-electron chi connectivity index (χ4n) is 2.98. The lowest BCUT2D eigenvalue weighted by atomic mass is 10.1. The Morgan fingerprint density at radius 2 is 2.31 bits per heavy atom. The van der Waals surface area contributed by atoms with Crippen LogP contribution in [0.3, 0.4) is 0 Å². The number of carbonyl (C=O) groups excluding carboxylic acids is 1. The molecular formula is C17H24N6O3. The summed E-state index contributed by atoms with van der Waals surface area (Å²) in [4.78, 5) is 26.1. The van der Waals surface area contributed by atoms with Crippen molar-refractivity contribution in [2.45, 2.75) is 25.9 Å². The third-order valence-corrected chi connectivity index (χ3v) is 4.53. The zero-order valence-corrected chi connectivity index (χ0v) is 15.1. The quantitative estimate of drug-likeness (QED) is 0.756. The maximum Gasteiger partial charge on any atom is 0.268 e. The van der Waals surface area contributed by atoms with Gasteiger partial charge in [-0.3, -0.25) is 14.7 Å². The van der Waals surface area contributed by atoms with Crippen molar-refractivity contribution < 1.29 is 9.53 Å². The van der Waals surface area contributed by atoms with E-state index in [0.29, 0.717) is 38.2 Å². The lowest BCUT2D eigenvalue weighted by Crippen LogP contribution is -2.44. The van der Waals surface area contributed by atoms with Crippen LogP contribution in [-0.2, 0) is 18.2 Å². The Hall–Kier alpha value is -2.68. The minimum Gasteiger partial charge on any atom is -0.374 e. The molecule has 2 aromatic rings. The Bertz CT molecular complexity index is 815. The van der Waals surface area contributed by atoms with E-state index in [1.807, 2.05) is 6.92 Å². The van der Waals surface area contributed by atoms with Gasteiger partial charge in [-0.2, -0.15) is 10.2 Å². The molecule has 140 valence electrons. The highest BCUT2D eigenvalue weighted by Gasteiger charge is 2.22. The first-order chi connectivity index (χ1) is 12.6. The standard InChI is InChI=1S/C17H24N6O3/c1-3-15-14(10-19-21-15)17(25)18-5-4-13-11-23(6-7-26-13)12-8-16(24)22(2)20-9-12/h8-10,13H,3-7,11H2,1-2H3,(H,18,25)(H,19,21). The topological polar surface area (TPSA) is 105 Å². The number of hydrogen-bond acceptors (Lipinski definition) is 6. The van der Waals surface area contributed by atoms with Crippen LogP contribution in [0, 0.1) is 0 Å². The Morgan fingerprint density at radius 3 is 3.08 bits per heavy atom. The number of H-pyrrole nitrogens is 1. The summed E-state index contributed by atoms with van der Waals surface area (Å²) >= 11 is 0. The van der Waals surface area contributed by atoms with Crippen LogP contribution in [0.1, 0.15) is 29.4 Å². The molecule has 0 aliphatic carbocycles. The van der Waals surface area contributed by atoms with Crippen LogP contribution < -0.4 is 15.8 Å². The molecule has 0 radical (unpaired) electrons. The molecule has 2 N–H and O–H groups in total. The predicted molar refractivity (Wildman–Crippen MR) is 96.3 cm³/mol. The van der Waals surface area contributed by atoms with E-state index in [-0.39, 0.29) is 17.6 Å². The Balaban J connectivity index is 1.51. The summed E-state index contributed by atoms with van der Waals surface area (Å²) in [7, 11) is 1.63. The number of aromatic nitrogens is 4. The molecule has 3 heterocycles. The summed E-state index contributed by atoms with van der Waals surface area (Å²) in [6.45, 7) is 4.44. The Morgan fingerprint density at radius 1 is 1.46 bits per heavy atom. The van der Waals surface area contributed by atoms with Crippen molar-refractivity contribution in [3.05, 3.63) is 40.1 Å². The maximum absolute atomic E-state index is 12.2. The van der Waals surface area contributed by atoms with E-state index >= 15 is 0 Å². The van der Waals surface area contributed by atoms with E-state index in [0.717, 1.165) is 17.8 Å². The smallest absolute Gasteiger partial charge is 0.268 e. The number of aromatic amines is 1. The molecule has 0 aromatic carbocycles. The number of hydrogen-bond donors (Lipinski definition) is 2. The Kier molecular flexibility index (Phi) is 5.67. The molecule has 3 rings (SSSR count). The minimum atomic E-state index is -0.135. The molecule has 1 unspecified atom stereocenters. The number of morpholine rings is 1. The van der Waals surface area contributed by atoms with Gasteiger partial charge in [-0.1, -0.05) is 6.92 Å². The molecule has 1 amide bonds. The first kappa shape index (κ1) is 18.1. The van der Waals surface area contributed by atoms with Crippen LogP contribution in [-0.4, -0.2) is 58.2 Å². The van der Waals surface area contributed by atoms with Crippen molar-refractivity contribution in [3.63, 3.8) is 0 Å². The number of anilines is 1. The average Bonchev–Trinajstić information content (AvgIpc) is 3.13. The zero-order chi connectivity index (χ0) is 18.5. The first-order valence-corrected chi connectivity index (χ1v) is 8.78. The average molecular weight is 360 g/mol. The van der Waals surface area contributed by atoms with Gasteiger partial charge in [0.1, 0.15) is 0 Å². The molecule has 1 saturated heterocycles. The maximum atomic E-state index is 12.2. The second-order valence-electron chi connectivity index (χ2n) is 6.27. The lowest BCUT2D eigenvalue weighted by Gasteiger charge is -2.34. The second kappa shape index (κ2) is 8.13. The van der Waals surface area contributed by atoms with Crippen molar-refractivity contribution in [1.82, 2.24) is 25.3 Å². The van der Waals surface area contributed by atoms with Gasteiger partial charge in [0, 0.05) is 38.4 Å². The van der Waals surface area contributed by atoms with E-state index in [9.17, 15) is 9.59 Å². The van der Waals surface area contributed by atoms with Gasteiger partial charge in [-0.05, 0) is 12.8 Å². The second-order valence-corrected chi connectivity index (χ2v) is 6.27. The molecule has 1 fully saturated rings. The largest absolute Gasteiger partial charge is 0.374 e. The third-order valence-electron chi connectivity index (χ3n) is 4.53. The van der Waals surface area contributed by atoms with Crippen molar-refractivity contribution in [2.24, 2.45) is 7.05 Å². The van der Waals surface area contributed by atoms with Crippen LogP contribution in [0.25, 0.3) is 0 Å². The van der Waals surface area contributed by atoms with Crippen LogP contribution in [0.2, 0.25) is 0 Å². The van der Waals surface area contributed by atoms with Crippen LogP contribution in [0.15, 0.2) is 23.3 Å². The van der Waals surface area contributed by atoms with Gasteiger partial charge in [0.05, 0.1) is 36.4 Å². The van der Waals surface area contributed by atoms with E-state index in [1.54, 1.807) is 25.5 Å². The summed E-state index contributed by atoms with van der Waals surface area (Å²) in [5, 5.41) is 13.7. The summed E-state index contributed by atoms with van der Waals surface area (Å²) in [6.07, 6.45) is 4.66. The molecule has 1 atom stereocenters. The number of nitrogens with zero attached hydrogens (tertiary/aromatic N) is 4. The van der Waals surface area contributed by atoms with Gasteiger partial charge in [-0.15, -0.1) is 0 Å². The van der Waals surface area contributed by atoms with Gasteiger partial charge in [0.2, 0.25) is 0 Å². The SMILES string of the molecule is CCc1[nH]ncc1C(=O)NCCC1CN(c2cnn(C)c(=O)c2)CCO1. The van der Waals surface area contributed by atoms with Crippen LogP contribution >= 0.6 is 0 Å². The zero-order valence-electron chi connectivity index (χ0n) is 15.1. The molecule has 1 aliphatic rings. The van der Waals surface area contributed by atoms with E-state index in [2.05, 4.69) is 25.5 Å². The molecule has 9 heteroatoms. The molecule has 0 bridgehead atoms. The van der Waals surface area contributed by atoms with Gasteiger partial charge in [0.25, 0.3) is 11.5 Å². The van der Waals surface area contributed by atoms with Crippen molar-refractivity contribution in [3.8, 4) is 0 Å². The summed E-state index contributed by atoms with van der Waals surface area (Å²) in [5.41, 5.74) is 2.09. The van der Waals surface area contributed by atoms with Crippen molar-refractivity contribution >= 4 is 11.6 Å². The fourth-order valence-corrected chi connectivity index (χ4v) is 2.98. The minimum absolute atomic E-state index is 0.0110. The van der Waals surface area contributed by atoms with Gasteiger partial charge in [0.15, 0.2) is 0 Å². The predicted octanol–water partition coefficient (Wildman–Crippen LogP) is 0.0911. The molecule has 0 spiro atoms. The third kappa shape index (κ3) is 4.10. The monoisotopic (exact) mass is 360 g/mol. The lowest BCUT2D eigenvalue weighted by molar-refractivity contribution is 0.0353. The van der Waals surface area contributed by atoms with E-state index in [4.69, 9.17) is 4.74 Å². The van der Waals surface area contributed by atoms with Crippen molar-refractivity contribution in [2.75, 3.05) is 31.1 Å². The van der Waals surface area contributed by atoms with Crippen LogP contribution in [0.5, 0.6) is 0 Å². The van der Waals surface area contributed by atoms with Gasteiger partial charge in [-0.25, -0.2) is 4.68 Å². The molecule has 26 heavy (non-hydrogen) atoms. The van der Waals surface area contributed by atoms with Crippen molar-refractivity contribution in [1.29, 1.82) is 0 Å².